The fraction of sp³-hybridized carbons (Fsp3) is 0.200. The van der Waals surface area contributed by atoms with Crippen molar-refractivity contribution in [1.82, 2.24) is 5.43 Å². The Morgan fingerprint density at radius 2 is 1.63 bits per heavy atom. The summed E-state index contributed by atoms with van der Waals surface area (Å²) in [6, 6.07) is 16.1. The molecule has 0 unspecified atom stereocenters. The molecule has 0 radical (unpaired) electrons. The summed E-state index contributed by atoms with van der Waals surface area (Å²) in [6.07, 6.45) is -3.72. The lowest BCUT2D eigenvalue weighted by Crippen LogP contribution is -2.40. The molecule has 0 bridgehead atoms. The van der Waals surface area contributed by atoms with Gasteiger partial charge in [0.05, 0.1) is 22.4 Å². The third-order valence-corrected chi connectivity index (χ3v) is 7.17. The molecule has 0 saturated heterocycles. The van der Waals surface area contributed by atoms with Gasteiger partial charge in [-0.15, -0.1) is 0 Å². The third kappa shape index (κ3) is 6.07. The topological polar surface area (TPSA) is 78.8 Å². The molecule has 6 nitrogen and oxygen atoms in total. The highest BCUT2D eigenvalue weighted by Gasteiger charge is 2.32. The van der Waals surface area contributed by atoms with Gasteiger partial charge in [-0.3, -0.25) is 9.10 Å². The minimum Gasteiger partial charge on any atom is -0.271 e. The van der Waals surface area contributed by atoms with E-state index in [4.69, 9.17) is 0 Å². The van der Waals surface area contributed by atoms with Crippen LogP contribution in [-0.2, 0) is 21.0 Å². The maximum absolute atomic E-state index is 13.5. The van der Waals surface area contributed by atoms with Gasteiger partial charge < -0.3 is 0 Å². The number of hydrogen-bond acceptors (Lipinski definition) is 4. The predicted octanol–water partition coefficient (Wildman–Crippen LogP) is 4.98. The van der Waals surface area contributed by atoms with Crippen molar-refractivity contribution in [2.45, 2.75) is 31.8 Å². The number of halogens is 3. The molecule has 3 aromatic carbocycles. The summed E-state index contributed by atoms with van der Waals surface area (Å²) >= 11 is 0. The van der Waals surface area contributed by atoms with Gasteiger partial charge >= 0.3 is 6.18 Å². The lowest BCUT2D eigenvalue weighted by Gasteiger charge is -2.26. The number of sulfonamides is 1. The molecule has 0 saturated carbocycles. The predicted molar refractivity (Wildman–Crippen MR) is 129 cm³/mol. The van der Waals surface area contributed by atoms with Crippen LogP contribution >= 0.6 is 0 Å². The summed E-state index contributed by atoms with van der Waals surface area (Å²) in [5.41, 5.74) is 3.67. The minimum absolute atomic E-state index is 0.000544. The number of nitrogens with zero attached hydrogens (tertiary/aromatic N) is 2. The van der Waals surface area contributed by atoms with E-state index in [9.17, 15) is 26.4 Å². The molecule has 184 valence electrons. The molecule has 1 amide bonds. The average Bonchev–Trinajstić information content (AvgIpc) is 2.79. The second-order valence-corrected chi connectivity index (χ2v) is 9.78. The van der Waals surface area contributed by atoms with E-state index in [1.165, 1.54) is 30.3 Å². The van der Waals surface area contributed by atoms with Crippen LogP contribution in [-0.4, -0.2) is 27.1 Å². The van der Waals surface area contributed by atoms with Crippen LogP contribution in [0.15, 0.2) is 76.7 Å². The lowest BCUT2D eigenvalue weighted by atomic mass is 10.1. The van der Waals surface area contributed by atoms with Gasteiger partial charge in [-0.05, 0) is 56.2 Å². The Balaban J connectivity index is 1.90. The highest BCUT2D eigenvalue weighted by molar-refractivity contribution is 7.92. The molecule has 0 heterocycles. The summed E-state index contributed by atoms with van der Waals surface area (Å²) in [7, 11) is -4.14. The molecule has 0 aliphatic heterocycles. The van der Waals surface area contributed by atoms with E-state index in [1.807, 2.05) is 19.9 Å². The number of benzene rings is 3. The normalized spacial score (nSPS) is 12.1. The zero-order chi connectivity index (χ0) is 25.8. The van der Waals surface area contributed by atoms with Crippen molar-refractivity contribution >= 4 is 27.8 Å². The Kier molecular flexibility index (Phi) is 7.64. The van der Waals surface area contributed by atoms with Gasteiger partial charge in [0.25, 0.3) is 15.9 Å². The Bertz CT molecular complexity index is 1350. The molecule has 0 aromatic heterocycles. The molecule has 35 heavy (non-hydrogen) atoms. The summed E-state index contributed by atoms with van der Waals surface area (Å²) < 4.78 is 67.4. The number of anilines is 1. The first kappa shape index (κ1) is 26.0. The van der Waals surface area contributed by atoms with Crippen LogP contribution < -0.4 is 9.73 Å². The fourth-order valence-corrected chi connectivity index (χ4v) is 4.83. The van der Waals surface area contributed by atoms with Crippen molar-refractivity contribution < 1.29 is 26.4 Å². The molecular formula is C25H24F3N3O3S. The second kappa shape index (κ2) is 10.3. The van der Waals surface area contributed by atoms with E-state index in [0.717, 1.165) is 27.7 Å². The fourth-order valence-electron chi connectivity index (χ4n) is 3.35. The number of alkyl halides is 3. The third-order valence-electron chi connectivity index (χ3n) is 5.40. The lowest BCUT2D eigenvalue weighted by molar-refractivity contribution is -0.137. The van der Waals surface area contributed by atoms with Crippen molar-refractivity contribution in [1.29, 1.82) is 0 Å². The number of amides is 1. The van der Waals surface area contributed by atoms with E-state index < -0.39 is 34.2 Å². The molecule has 3 rings (SSSR count). The van der Waals surface area contributed by atoms with Crippen molar-refractivity contribution in [3.63, 3.8) is 0 Å². The molecule has 0 fully saturated rings. The van der Waals surface area contributed by atoms with Gasteiger partial charge in [0.1, 0.15) is 6.54 Å². The minimum atomic E-state index is -4.59. The van der Waals surface area contributed by atoms with Crippen LogP contribution in [0.2, 0.25) is 0 Å². The summed E-state index contributed by atoms with van der Waals surface area (Å²) in [4.78, 5) is 12.7. The van der Waals surface area contributed by atoms with Crippen LogP contribution in [0, 0.1) is 20.8 Å². The number of carbonyl (C=O) groups excluding carboxylic acids is 1. The first-order valence-electron chi connectivity index (χ1n) is 10.5. The Morgan fingerprint density at radius 1 is 0.971 bits per heavy atom. The van der Waals surface area contributed by atoms with Gasteiger partial charge in [0, 0.05) is 5.56 Å². The molecule has 10 heteroatoms. The molecule has 0 aliphatic carbocycles. The van der Waals surface area contributed by atoms with Crippen molar-refractivity contribution in [3.8, 4) is 0 Å². The van der Waals surface area contributed by atoms with Crippen LogP contribution in [0.5, 0.6) is 0 Å². The maximum atomic E-state index is 13.5. The van der Waals surface area contributed by atoms with E-state index in [-0.39, 0.29) is 10.5 Å². The first-order valence-corrected chi connectivity index (χ1v) is 12.0. The largest absolute Gasteiger partial charge is 0.417 e. The summed E-state index contributed by atoms with van der Waals surface area (Å²) in [5, 5.41) is 3.62. The van der Waals surface area contributed by atoms with Gasteiger partial charge in [0.2, 0.25) is 0 Å². The van der Waals surface area contributed by atoms with E-state index in [0.29, 0.717) is 11.3 Å². The Hall–Kier alpha value is -3.66. The van der Waals surface area contributed by atoms with Crippen molar-refractivity contribution in [2.24, 2.45) is 5.10 Å². The number of hydrogen-bond donors (Lipinski definition) is 1. The Morgan fingerprint density at radius 3 is 2.29 bits per heavy atom. The number of carbonyl (C=O) groups is 1. The van der Waals surface area contributed by atoms with Crippen LogP contribution in [0.3, 0.4) is 0 Å². The van der Waals surface area contributed by atoms with Crippen LogP contribution in [0.4, 0.5) is 18.9 Å². The summed E-state index contributed by atoms with van der Waals surface area (Å²) in [5.74, 6) is -0.817. The first-order chi connectivity index (χ1) is 16.4. The maximum Gasteiger partial charge on any atom is 0.417 e. The SMILES string of the molecule is Cc1ccc(S(=O)(=O)N(CC(=O)N/N=C\c2ccccc2C(F)(F)F)c2cccc(C)c2C)cc1. The number of rotatable bonds is 7. The van der Waals surface area contributed by atoms with Crippen LogP contribution in [0.25, 0.3) is 0 Å². The standard InChI is InChI=1S/C25H24F3N3O3S/c1-17-11-13-21(14-12-17)35(33,34)31(23-10-6-7-18(2)19(23)3)16-24(32)30-29-15-20-8-4-5-9-22(20)25(26,27)28/h4-15H,16H2,1-3H3,(H,30,32)/b29-15-. The monoisotopic (exact) mass is 503 g/mol. The van der Waals surface area contributed by atoms with E-state index in [1.54, 1.807) is 31.2 Å². The zero-order valence-corrected chi connectivity index (χ0v) is 20.1. The molecule has 0 aliphatic rings. The Labute approximate surface area is 202 Å². The van der Waals surface area contributed by atoms with Crippen molar-refractivity contribution in [3.05, 3.63) is 94.5 Å². The molecule has 0 atom stereocenters. The second-order valence-electron chi connectivity index (χ2n) is 7.92. The molecular weight excluding hydrogens is 479 g/mol. The summed E-state index contributed by atoms with van der Waals surface area (Å²) in [6.45, 7) is 4.75. The van der Waals surface area contributed by atoms with Crippen LogP contribution in [0.1, 0.15) is 27.8 Å². The average molecular weight is 504 g/mol. The number of nitrogens with one attached hydrogen (secondary N) is 1. The number of aryl methyl sites for hydroxylation is 2. The number of hydrazone groups is 1. The molecule has 3 aromatic rings. The van der Waals surface area contributed by atoms with Gasteiger partial charge in [-0.25, -0.2) is 13.8 Å². The smallest absolute Gasteiger partial charge is 0.271 e. The molecule has 1 N–H and O–H groups in total. The van der Waals surface area contributed by atoms with Crippen molar-refractivity contribution in [2.75, 3.05) is 10.8 Å². The molecule has 0 spiro atoms. The zero-order valence-electron chi connectivity index (χ0n) is 19.3. The van der Waals surface area contributed by atoms with Gasteiger partial charge in [-0.2, -0.15) is 18.3 Å². The van der Waals surface area contributed by atoms with E-state index in [2.05, 4.69) is 10.5 Å². The van der Waals surface area contributed by atoms with Gasteiger partial charge in [0.15, 0.2) is 0 Å². The highest BCUT2D eigenvalue weighted by atomic mass is 32.2. The van der Waals surface area contributed by atoms with Gasteiger partial charge in [-0.1, -0.05) is 48.0 Å². The van der Waals surface area contributed by atoms with E-state index >= 15 is 0 Å². The highest BCUT2D eigenvalue weighted by Crippen LogP contribution is 2.31. The quantitative estimate of drug-likeness (QED) is 0.365.